The normalized spacial score (nSPS) is 12.8. The third-order valence-electron chi connectivity index (χ3n) is 12.0. The summed E-state index contributed by atoms with van der Waals surface area (Å²) in [4.78, 5) is 24.5. The smallest absolute Gasteiger partial charge is 0.305 e. The zero-order valence-corrected chi connectivity index (χ0v) is 39.5. The van der Waals surface area contributed by atoms with Gasteiger partial charge in [0.2, 0.25) is 5.91 Å². The van der Waals surface area contributed by atoms with Crippen molar-refractivity contribution in [3.05, 3.63) is 24.3 Å². The number of hydrogen-bond acceptors (Lipinski definition) is 5. The minimum atomic E-state index is -0.673. The van der Waals surface area contributed by atoms with Gasteiger partial charge in [-0.1, -0.05) is 237 Å². The van der Waals surface area contributed by atoms with Gasteiger partial charge in [0.15, 0.2) is 0 Å². The van der Waals surface area contributed by atoms with Crippen molar-refractivity contribution in [3.8, 4) is 0 Å². The highest BCUT2D eigenvalue weighted by Gasteiger charge is 2.20. The summed E-state index contributed by atoms with van der Waals surface area (Å²) in [5.41, 5.74) is 0. The van der Waals surface area contributed by atoms with Gasteiger partial charge < -0.3 is 20.3 Å². The summed E-state index contributed by atoms with van der Waals surface area (Å²) in [5.74, 6) is -0.0683. The van der Waals surface area contributed by atoms with Crippen LogP contribution in [-0.4, -0.2) is 47.4 Å². The molecule has 59 heavy (non-hydrogen) atoms. The van der Waals surface area contributed by atoms with Crippen LogP contribution in [0.1, 0.15) is 277 Å². The van der Waals surface area contributed by atoms with Gasteiger partial charge >= 0.3 is 5.97 Å². The van der Waals surface area contributed by atoms with E-state index >= 15 is 0 Å². The summed E-state index contributed by atoms with van der Waals surface area (Å²) in [7, 11) is 0. The van der Waals surface area contributed by atoms with Crippen molar-refractivity contribution >= 4 is 11.9 Å². The Morgan fingerprint density at radius 2 is 0.881 bits per heavy atom. The van der Waals surface area contributed by atoms with Crippen LogP contribution in [0.3, 0.4) is 0 Å². The molecular formula is C53H101NO5. The number of hydrogen-bond donors (Lipinski definition) is 3. The number of allylic oxidation sites excluding steroid dienone is 4. The van der Waals surface area contributed by atoms with E-state index in [1.807, 2.05) is 0 Å². The molecule has 0 aromatic rings. The van der Waals surface area contributed by atoms with Gasteiger partial charge in [-0.25, -0.2) is 0 Å². The molecule has 0 saturated carbocycles. The third kappa shape index (κ3) is 45.7. The molecule has 0 fully saturated rings. The molecule has 0 saturated heterocycles. The molecule has 3 N–H and O–H groups in total. The molecule has 2 unspecified atom stereocenters. The second-order valence-electron chi connectivity index (χ2n) is 17.9. The number of carbonyl (C=O) groups is 2. The first kappa shape index (κ1) is 57.3. The molecule has 0 heterocycles. The van der Waals surface area contributed by atoms with Gasteiger partial charge in [0.05, 0.1) is 25.4 Å². The Balaban J connectivity index is 3.46. The molecule has 0 aliphatic heterocycles. The molecule has 6 nitrogen and oxygen atoms in total. The van der Waals surface area contributed by atoms with Crippen molar-refractivity contribution < 1.29 is 24.5 Å². The monoisotopic (exact) mass is 832 g/mol. The molecular weight excluding hydrogens is 731 g/mol. The van der Waals surface area contributed by atoms with E-state index in [9.17, 15) is 19.8 Å². The van der Waals surface area contributed by atoms with E-state index in [1.165, 1.54) is 180 Å². The standard InChI is InChI=1S/C53H101NO5/c1-3-5-7-9-11-13-15-17-18-19-22-25-29-33-37-41-45-51(56)50(49-55)54-52(57)46-42-38-34-30-26-23-20-24-28-32-36-40-44-48-59-53(58)47-43-39-35-31-27-21-16-14-12-10-8-6-4-2/h8,10,14,16,50-51,55-56H,3-7,9,11-13,15,17-49H2,1-2H3,(H,54,57)/b10-8-,16-14-. The van der Waals surface area contributed by atoms with E-state index in [0.717, 1.165) is 64.2 Å². The Kier molecular flexibility index (Phi) is 47.6. The Morgan fingerprint density at radius 3 is 1.36 bits per heavy atom. The molecule has 6 heteroatoms. The molecule has 2 atom stereocenters. The number of nitrogens with one attached hydrogen (secondary N) is 1. The molecule has 0 spiro atoms. The van der Waals surface area contributed by atoms with E-state index < -0.39 is 12.1 Å². The maximum atomic E-state index is 12.5. The molecule has 1 amide bonds. The SMILES string of the molecule is CCC/C=C\C/C=C\CCCCCCCC(=O)OCCCCCCCCCCCCCCCC(=O)NC(CO)C(O)CCCCCCCCCCCCCCCCCC. The molecule has 0 aromatic carbocycles. The Labute approximate surface area is 367 Å². The van der Waals surface area contributed by atoms with Crippen molar-refractivity contribution in [2.45, 2.75) is 289 Å². The van der Waals surface area contributed by atoms with Crippen molar-refractivity contribution in [2.75, 3.05) is 13.2 Å². The van der Waals surface area contributed by atoms with Crippen LogP contribution < -0.4 is 5.32 Å². The second kappa shape index (κ2) is 49.0. The topological polar surface area (TPSA) is 95.9 Å². The van der Waals surface area contributed by atoms with E-state index in [1.54, 1.807) is 0 Å². The lowest BCUT2D eigenvalue weighted by Crippen LogP contribution is -2.45. The Morgan fingerprint density at radius 1 is 0.475 bits per heavy atom. The fourth-order valence-electron chi connectivity index (χ4n) is 7.97. The first-order valence-corrected chi connectivity index (χ1v) is 26.1. The van der Waals surface area contributed by atoms with Gasteiger partial charge in [-0.15, -0.1) is 0 Å². The maximum absolute atomic E-state index is 12.5. The van der Waals surface area contributed by atoms with Crippen molar-refractivity contribution in [1.29, 1.82) is 0 Å². The van der Waals surface area contributed by atoms with Crippen molar-refractivity contribution in [1.82, 2.24) is 5.32 Å². The number of esters is 1. The first-order valence-electron chi connectivity index (χ1n) is 26.1. The number of unbranched alkanes of at least 4 members (excludes halogenated alkanes) is 33. The van der Waals surface area contributed by atoms with E-state index in [2.05, 4.69) is 43.5 Å². The van der Waals surface area contributed by atoms with Crippen LogP contribution in [-0.2, 0) is 14.3 Å². The number of carbonyl (C=O) groups excluding carboxylic acids is 2. The summed E-state index contributed by atoms with van der Waals surface area (Å²) >= 11 is 0. The van der Waals surface area contributed by atoms with Gasteiger partial charge in [0.1, 0.15) is 0 Å². The van der Waals surface area contributed by atoms with Gasteiger partial charge in [-0.3, -0.25) is 9.59 Å². The van der Waals surface area contributed by atoms with Crippen LogP contribution in [0.15, 0.2) is 24.3 Å². The minimum absolute atomic E-state index is 0.0207. The highest BCUT2D eigenvalue weighted by molar-refractivity contribution is 5.76. The molecule has 0 aromatic heterocycles. The molecule has 0 aliphatic rings. The largest absolute Gasteiger partial charge is 0.466 e. The molecule has 0 bridgehead atoms. The van der Waals surface area contributed by atoms with E-state index in [-0.39, 0.29) is 18.5 Å². The van der Waals surface area contributed by atoms with Crippen molar-refractivity contribution in [3.63, 3.8) is 0 Å². The van der Waals surface area contributed by atoms with Crippen LogP contribution in [0.5, 0.6) is 0 Å². The lowest BCUT2D eigenvalue weighted by molar-refractivity contribution is -0.143. The summed E-state index contributed by atoms with van der Waals surface area (Å²) in [6.45, 7) is 4.86. The van der Waals surface area contributed by atoms with Crippen LogP contribution in [0, 0.1) is 0 Å². The second-order valence-corrected chi connectivity index (χ2v) is 17.9. The average molecular weight is 832 g/mol. The predicted octanol–water partition coefficient (Wildman–Crippen LogP) is 15.5. The quantitative estimate of drug-likeness (QED) is 0.0322. The number of aliphatic hydroxyl groups is 2. The van der Waals surface area contributed by atoms with E-state index in [4.69, 9.17) is 4.74 Å². The first-order chi connectivity index (χ1) is 29.0. The predicted molar refractivity (Wildman–Crippen MR) is 255 cm³/mol. The molecule has 348 valence electrons. The van der Waals surface area contributed by atoms with Gasteiger partial charge in [0.25, 0.3) is 0 Å². The molecule has 0 aliphatic carbocycles. The summed E-state index contributed by atoms with van der Waals surface area (Å²) in [5, 5.41) is 23.2. The van der Waals surface area contributed by atoms with Crippen LogP contribution >= 0.6 is 0 Å². The number of amides is 1. The number of ether oxygens (including phenoxy) is 1. The summed E-state index contributed by atoms with van der Waals surface area (Å²) < 4.78 is 5.45. The van der Waals surface area contributed by atoms with Crippen LogP contribution in [0.25, 0.3) is 0 Å². The zero-order valence-electron chi connectivity index (χ0n) is 39.5. The van der Waals surface area contributed by atoms with Gasteiger partial charge in [0, 0.05) is 12.8 Å². The minimum Gasteiger partial charge on any atom is -0.466 e. The zero-order chi connectivity index (χ0) is 43.0. The molecule has 0 radical (unpaired) electrons. The van der Waals surface area contributed by atoms with Crippen LogP contribution in [0.4, 0.5) is 0 Å². The lowest BCUT2D eigenvalue weighted by Gasteiger charge is -2.22. The third-order valence-corrected chi connectivity index (χ3v) is 12.0. The highest BCUT2D eigenvalue weighted by Crippen LogP contribution is 2.17. The summed E-state index contributed by atoms with van der Waals surface area (Å²) in [6.07, 6.45) is 57.1. The highest BCUT2D eigenvalue weighted by atomic mass is 16.5. The van der Waals surface area contributed by atoms with Gasteiger partial charge in [-0.05, 0) is 51.4 Å². The number of rotatable bonds is 48. The maximum Gasteiger partial charge on any atom is 0.305 e. The fourth-order valence-corrected chi connectivity index (χ4v) is 7.97. The average Bonchev–Trinajstić information content (AvgIpc) is 3.24. The summed E-state index contributed by atoms with van der Waals surface area (Å²) in [6, 6.07) is -0.551. The lowest BCUT2D eigenvalue weighted by atomic mass is 10.0. The number of aliphatic hydroxyl groups excluding tert-OH is 2. The van der Waals surface area contributed by atoms with Crippen LogP contribution in [0.2, 0.25) is 0 Å². The fraction of sp³-hybridized carbons (Fsp3) is 0.887. The Bertz CT molecular complexity index is 920. The van der Waals surface area contributed by atoms with Crippen molar-refractivity contribution in [2.24, 2.45) is 0 Å². The molecule has 0 rings (SSSR count). The van der Waals surface area contributed by atoms with Gasteiger partial charge in [-0.2, -0.15) is 0 Å². The Hall–Kier alpha value is -1.66. The van der Waals surface area contributed by atoms with E-state index in [0.29, 0.717) is 25.9 Å².